The lowest BCUT2D eigenvalue weighted by atomic mass is 10.3. The van der Waals surface area contributed by atoms with Gasteiger partial charge >= 0.3 is 0 Å². The van der Waals surface area contributed by atoms with E-state index in [1.165, 1.54) is 31.6 Å². The van der Waals surface area contributed by atoms with E-state index in [9.17, 15) is 0 Å². The van der Waals surface area contributed by atoms with Gasteiger partial charge in [0.2, 0.25) is 0 Å². The van der Waals surface area contributed by atoms with Gasteiger partial charge in [-0.3, -0.25) is 0 Å². The molecule has 3 nitrogen and oxygen atoms in total. The van der Waals surface area contributed by atoms with Crippen LogP contribution in [-0.2, 0) is 4.74 Å². The topological polar surface area (TPSA) is 21.7 Å². The molecule has 0 spiro atoms. The minimum absolute atomic E-state index is 0.0950. The van der Waals surface area contributed by atoms with Crippen molar-refractivity contribution in [2.45, 2.75) is 25.9 Å². The van der Waals surface area contributed by atoms with Gasteiger partial charge in [-0.2, -0.15) is 0 Å². The van der Waals surface area contributed by atoms with Crippen molar-refractivity contribution < 1.29 is 9.47 Å². The third-order valence-electron chi connectivity index (χ3n) is 3.05. The summed E-state index contributed by atoms with van der Waals surface area (Å²) >= 11 is 0. The Hall–Kier alpha value is -1.22. The van der Waals surface area contributed by atoms with E-state index >= 15 is 0 Å². The molecule has 1 heterocycles. The summed E-state index contributed by atoms with van der Waals surface area (Å²) in [7, 11) is 1.69. The van der Waals surface area contributed by atoms with Gasteiger partial charge in [-0.15, -0.1) is 0 Å². The molecule has 94 valence electrons. The van der Waals surface area contributed by atoms with Gasteiger partial charge in [-0.05, 0) is 44.0 Å². The molecular formula is C14H21NO2. The smallest absolute Gasteiger partial charge is 0.119 e. The van der Waals surface area contributed by atoms with Crippen LogP contribution in [0.4, 0.5) is 5.69 Å². The van der Waals surface area contributed by atoms with Crippen molar-refractivity contribution in [3.8, 4) is 5.75 Å². The van der Waals surface area contributed by atoms with Gasteiger partial charge in [-0.1, -0.05) is 0 Å². The van der Waals surface area contributed by atoms with E-state index in [1.807, 2.05) is 19.1 Å². The number of ether oxygens (including phenoxy) is 2. The van der Waals surface area contributed by atoms with Gasteiger partial charge in [0.05, 0.1) is 6.61 Å². The molecule has 1 atom stereocenters. The maximum absolute atomic E-state index is 5.73. The zero-order valence-corrected chi connectivity index (χ0v) is 10.7. The zero-order valence-electron chi connectivity index (χ0n) is 10.7. The number of hydrogen-bond acceptors (Lipinski definition) is 3. The second kappa shape index (κ2) is 5.92. The molecule has 0 bridgehead atoms. The molecule has 0 N–H and O–H groups in total. The van der Waals surface area contributed by atoms with Crippen molar-refractivity contribution >= 4 is 5.69 Å². The molecule has 1 unspecified atom stereocenters. The van der Waals surface area contributed by atoms with E-state index in [0.29, 0.717) is 6.61 Å². The minimum atomic E-state index is 0.0950. The van der Waals surface area contributed by atoms with Gasteiger partial charge < -0.3 is 14.4 Å². The molecule has 1 fully saturated rings. The summed E-state index contributed by atoms with van der Waals surface area (Å²) in [5.41, 5.74) is 1.30. The van der Waals surface area contributed by atoms with Crippen LogP contribution < -0.4 is 9.64 Å². The third-order valence-corrected chi connectivity index (χ3v) is 3.05. The number of rotatable bonds is 5. The second-order valence-corrected chi connectivity index (χ2v) is 4.57. The Morgan fingerprint density at radius 2 is 1.82 bits per heavy atom. The number of anilines is 1. The fourth-order valence-corrected chi connectivity index (χ4v) is 2.21. The monoisotopic (exact) mass is 235 g/mol. The molecule has 1 aromatic rings. The van der Waals surface area contributed by atoms with Gasteiger partial charge in [0.15, 0.2) is 0 Å². The van der Waals surface area contributed by atoms with Crippen LogP contribution >= 0.6 is 0 Å². The summed E-state index contributed by atoms with van der Waals surface area (Å²) in [6.45, 7) is 4.99. The molecule has 1 aliphatic heterocycles. The molecule has 1 saturated heterocycles. The van der Waals surface area contributed by atoms with E-state index in [2.05, 4.69) is 17.0 Å². The van der Waals surface area contributed by atoms with Crippen molar-refractivity contribution in [2.24, 2.45) is 0 Å². The van der Waals surface area contributed by atoms with Crippen molar-refractivity contribution in [3.05, 3.63) is 24.3 Å². The first-order valence-corrected chi connectivity index (χ1v) is 6.30. The predicted octanol–water partition coefficient (Wildman–Crippen LogP) is 2.70. The lowest BCUT2D eigenvalue weighted by Crippen LogP contribution is -2.19. The Morgan fingerprint density at radius 1 is 1.18 bits per heavy atom. The average molecular weight is 235 g/mol. The van der Waals surface area contributed by atoms with Gasteiger partial charge in [0, 0.05) is 25.9 Å². The first-order valence-electron chi connectivity index (χ1n) is 6.30. The Morgan fingerprint density at radius 3 is 2.41 bits per heavy atom. The summed E-state index contributed by atoms with van der Waals surface area (Å²) < 4.78 is 10.8. The first-order chi connectivity index (χ1) is 8.29. The molecular weight excluding hydrogens is 214 g/mol. The Balaban J connectivity index is 1.92. The highest BCUT2D eigenvalue weighted by Gasteiger charge is 2.12. The summed E-state index contributed by atoms with van der Waals surface area (Å²) in [5.74, 6) is 0.914. The highest BCUT2D eigenvalue weighted by molar-refractivity contribution is 5.49. The number of benzene rings is 1. The minimum Gasteiger partial charge on any atom is -0.488 e. The quantitative estimate of drug-likeness (QED) is 0.783. The van der Waals surface area contributed by atoms with Crippen molar-refractivity contribution in [1.82, 2.24) is 0 Å². The molecule has 0 amide bonds. The largest absolute Gasteiger partial charge is 0.488 e. The molecule has 1 aromatic carbocycles. The normalized spacial score (nSPS) is 17.2. The van der Waals surface area contributed by atoms with E-state index < -0.39 is 0 Å². The molecule has 0 aliphatic carbocycles. The maximum atomic E-state index is 5.73. The SMILES string of the molecule is COCC(C)Oc1ccc(N2CCCC2)cc1. The maximum Gasteiger partial charge on any atom is 0.119 e. The molecule has 0 aromatic heterocycles. The molecule has 3 heteroatoms. The number of nitrogens with zero attached hydrogens (tertiary/aromatic N) is 1. The summed E-state index contributed by atoms with van der Waals surface area (Å²) in [6, 6.07) is 8.36. The van der Waals surface area contributed by atoms with E-state index in [4.69, 9.17) is 9.47 Å². The van der Waals surface area contributed by atoms with Gasteiger partial charge in [-0.25, -0.2) is 0 Å². The van der Waals surface area contributed by atoms with Crippen molar-refractivity contribution in [3.63, 3.8) is 0 Å². The van der Waals surface area contributed by atoms with Crippen molar-refractivity contribution in [2.75, 3.05) is 31.7 Å². The Labute approximate surface area is 103 Å². The van der Waals surface area contributed by atoms with Crippen LogP contribution in [0.15, 0.2) is 24.3 Å². The third kappa shape index (κ3) is 3.37. The van der Waals surface area contributed by atoms with Crippen LogP contribution in [0.3, 0.4) is 0 Å². The van der Waals surface area contributed by atoms with E-state index in [1.54, 1.807) is 7.11 Å². The highest BCUT2D eigenvalue weighted by atomic mass is 16.5. The second-order valence-electron chi connectivity index (χ2n) is 4.57. The Bertz CT molecular complexity index is 331. The summed E-state index contributed by atoms with van der Waals surface area (Å²) in [6.07, 6.45) is 2.71. The molecule has 1 aliphatic rings. The van der Waals surface area contributed by atoms with Crippen LogP contribution in [-0.4, -0.2) is 32.9 Å². The number of methoxy groups -OCH3 is 1. The highest BCUT2D eigenvalue weighted by Crippen LogP contribution is 2.23. The zero-order chi connectivity index (χ0) is 12.1. The van der Waals surface area contributed by atoms with Crippen LogP contribution in [0.2, 0.25) is 0 Å². The summed E-state index contributed by atoms with van der Waals surface area (Å²) in [4.78, 5) is 2.42. The Kier molecular flexibility index (Phi) is 4.26. The molecule has 2 rings (SSSR count). The standard InChI is InChI=1S/C14H21NO2/c1-12(11-16-2)17-14-7-5-13(6-8-14)15-9-3-4-10-15/h5-8,12H,3-4,9-11H2,1-2H3. The molecule has 17 heavy (non-hydrogen) atoms. The first kappa shape index (κ1) is 12.2. The van der Waals surface area contributed by atoms with E-state index in [0.717, 1.165) is 5.75 Å². The van der Waals surface area contributed by atoms with Crippen LogP contribution in [0.25, 0.3) is 0 Å². The predicted molar refractivity (Wildman–Crippen MR) is 69.9 cm³/mol. The number of hydrogen-bond donors (Lipinski definition) is 0. The van der Waals surface area contributed by atoms with Crippen molar-refractivity contribution in [1.29, 1.82) is 0 Å². The molecule has 0 radical (unpaired) electrons. The van der Waals surface area contributed by atoms with E-state index in [-0.39, 0.29) is 6.10 Å². The van der Waals surface area contributed by atoms with Crippen LogP contribution in [0, 0.1) is 0 Å². The summed E-state index contributed by atoms with van der Waals surface area (Å²) in [5, 5.41) is 0. The van der Waals surface area contributed by atoms with Gasteiger partial charge in [0.25, 0.3) is 0 Å². The van der Waals surface area contributed by atoms with Gasteiger partial charge in [0.1, 0.15) is 11.9 Å². The fourth-order valence-electron chi connectivity index (χ4n) is 2.21. The van der Waals surface area contributed by atoms with Crippen LogP contribution in [0.5, 0.6) is 5.75 Å². The lowest BCUT2D eigenvalue weighted by molar-refractivity contribution is 0.0921. The van der Waals surface area contributed by atoms with Crippen LogP contribution in [0.1, 0.15) is 19.8 Å². The molecule has 0 saturated carbocycles. The average Bonchev–Trinajstić information content (AvgIpc) is 2.84. The fraction of sp³-hybridized carbons (Fsp3) is 0.571. The lowest BCUT2D eigenvalue weighted by Gasteiger charge is -2.19.